The van der Waals surface area contributed by atoms with Gasteiger partial charge in [-0.3, -0.25) is 9.59 Å². The molecule has 0 radical (unpaired) electrons. The molecule has 0 spiro atoms. The van der Waals surface area contributed by atoms with E-state index in [4.69, 9.17) is 14.2 Å². The van der Waals surface area contributed by atoms with E-state index in [9.17, 15) is 60.0 Å². The quantitative estimate of drug-likeness (QED) is 0.107. The Bertz CT molecular complexity index is 1630. The summed E-state index contributed by atoms with van der Waals surface area (Å²) in [5.41, 5.74) is -3.83. The molecule has 0 unspecified atom stereocenters. The number of fused-ring (bicyclic) bond motifs is 2. The highest BCUT2D eigenvalue weighted by Crippen LogP contribution is 2.52. The van der Waals surface area contributed by atoms with Crippen molar-refractivity contribution in [3.05, 3.63) is 65.8 Å². The van der Waals surface area contributed by atoms with Gasteiger partial charge in [-0.15, -0.1) is 0 Å². The molecule has 2 heterocycles. The standard InChI is InChI=1S/C31H30O15/c32-13-31-8-7-18(35)27(46-31)24(25(31)15-3-5-17(34)20(37)10-15)28(40)44-22-12-30(43,29(41)42)11-21(38)26(22)45-23(39)6-2-14-1-4-16(33)19(36)9-14/h1-10,21-22,24-27,32-34,36-38,43H,11-13H2,(H,41,42)/b6-2+/t21-,22-,24-,25-,26-,27+,30+,31+/m1/s1. The summed E-state index contributed by atoms with van der Waals surface area (Å²) in [6, 6.07) is 7.25. The van der Waals surface area contributed by atoms with Crippen molar-refractivity contribution < 1.29 is 74.2 Å². The molecule has 2 bridgehead atoms. The first-order valence-electron chi connectivity index (χ1n) is 14.0. The molecule has 1 saturated carbocycles. The van der Waals surface area contributed by atoms with Gasteiger partial charge in [0.15, 0.2) is 40.5 Å². The number of rotatable bonds is 8. The molecule has 244 valence electrons. The van der Waals surface area contributed by atoms with E-state index in [1.54, 1.807) is 0 Å². The van der Waals surface area contributed by atoms with Gasteiger partial charge in [0.1, 0.15) is 23.7 Å². The van der Waals surface area contributed by atoms with Crippen molar-refractivity contribution in [2.45, 2.75) is 54.4 Å². The summed E-state index contributed by atoms with van der Waals surface area (Å²) in [4.78, 5) is 51.4. The molecule has 1 saturated heterocycles. The van der Waals surface area contributed by atoms with Crippen molar-refractivity contribution in [2.75, 3.05) is 6.61 Å². The van der Waals surface area contributed by atoms with E-state index >= 15 is 0 Å². The third-order valence-electron chi connectivity index (χ3n) is 8.41. The summed E-state index contributed by atoms with van der Waals surface area (Å²) in [6.07, 6.45) is -4.00. The molecule has 2 aliphatic heterocycles. The largest absolute Gasteiger partial charge is 0.504 e. The van der Waals surface area contributed by atoms with Crippen LogP contribution in [0.25, 0.3) is 6.08 Å². The Morgan fingerprint density at radius 3 is 2.26 bits per heavy atom. The van der Waals surface area contributed by atoms with E-state index < -0.39 is 114 Å². The molecule has 8 atom stereocenters. The number of carbonyl (C=O) groups excluding carboxylic acids is 3. The second-order valence-electron chi connectivity index (χ2n) is 11.4. The molecule has 0 aromatic heterocycles. The summed E-state index contributed by atoms with van der Waals surface area (Å²) in [5, 5.41) is 80.6. The number of phenols is 4. The van der Waals surface area contributed by atoms with E-state index in [1.807, 2.05) is 0 Å². The molecular formula is C31H30O15. The van der Waals surface area contributed by atoms with Crippen LogP contribution in [-0.2, 0) is 33.4 Å². The van der Waals surface area contributed by atoms with Gasteiger partial charge in [0.2, 0.25) is 0 Å². The van der Waals surface area contributed by atoms with Gasteiger partial charge in [-0.1, -0.05) is 12.1 Å². The summed E-state index contributed by atoms with van der Waals surface area (Å²) in [7, 11) is 0. The average molecular weight is 643 g/mol. The molecule has 2 aromatic rings. The molecule has 0 amide bonds. The molecule has 1 aliphatic carbocycles. The maximum atomic E-state index is 13.9. The fraction of sp³-hybridized carbons (Fsp3) is 0.355. The highest BCUT2D eigenvalue weighted by Gasteiger charge is 2.62. The molecule has 3 aliphatic rings. The first-order valence-corrected chi connectivity index (χ1v) is 14.0. The van der Waals surface area contributed by atoms with Crippen LogP contribution in [-0.4, -0.2) is 107 Å². The van der Waals surface area contributed by atoms with Crippen molar-refractivity contribution in [3.8, 4) is 23.0 Å². The Labute approximate surface area is 259 Å². The van der Waals surface area contributed by atoms with Gasteiger partial charge in [0, 0.05) is 24.8 Å². The molecule has 15 heteroatoms. The highest BCUT2D eigenvalue weighted by atomic mass is 16.6. The van der Waals surface area contributed by atoms with Crippen LogP contribution in [0.2, 0.25) is 0 Å². The lowest BCUT2D eigenvalue weighted by atomic mass is 9.75. The van der Waals surface area contributed by atoms with Crippen molar-refractivity contribution in [1.29, 1.82) is 0 Å². The van der Waals surface area contributed by atoms with E-state index in [-0.39, 0.29) is 11.1 Å². The summed E-state index contributed by atoms with van der Waals surface area (Å²) < 4.78 is 16.8. The second-order valence-corrected chi connectivity index (χ2v) is 11.4. The first kappa shape index (κ1) is 32.4. The van der Waals surface area contributed by atoms with Crippen LogP contribution < -0.4 is 0 Å². The molecule has 2 aromatic carbocycles. The van der Waals surface area contributed by atoms with E-state index in [0.29, 0.717) is 0 Å². The Balaban J connectivity index is 1.45. The Morgan fingerprint density at radius 1 is 0.957 bits per heavy atom. The van der Waals surface area contributed by atoms with E-state index in [0.717, 1.165) is 30.4 Å². The Hall–Kier alpha value is -4.96. The number of aliphatic carboxylic acids is 1. The van der Waals surface area contributed by atoms with E-state index in [1.165, 1.54) is 30.4 Å². The van der Waals surface area contributed by atoms with Gasteiger partial charge >= 0.3 is 17.9 Å². The van der Waals surface area contributed by atoms with Gasteiger partial charge in [-0.05, 0) is 53.6 Å². The molecular weight excluding hydrogens is 612 g/mol. The number of hydrogen-bond acceptors (Lipinski definition) is 14. The van der Waals surface area contributed by atoms with Gasteiger partial charge in [-0.2, -0.15) is 0 Å². The third kappa shape index (κ3) is 5.88. The third-order valence-corrected chi connectivity index (χ3v) is 8.41. The normalized spacial score (nSPS) is 31.9. The zero-order valence-electron chi connectivity index (χ0n) is 23.8. The number of benzene rings is 2. The van der Waals surface area contributed by atoms with Crippen LogP contribution in [0, 0.1) is 5.92 Å². The number of ketones is 1. The number of carboxylic acids is 1. The number of aliphatic hydroxyl groups excluding tert-OH is 2. The topological polar surface area (TPSA) is 258 Å². The van der Waals surface area contributed by atoms with Crippen LogP contribution in [0.5, 0.6) is 23.0 Å². The van der Waals surface area contributed by atoms with Crippen molar-refractivity contribution in [1.82, 2.24) is 0 Å². The number of esters is 2. The predicted molar refractivity (Wildman–Crippen MR) is 151 cm³/mol. The van der Waals surface area contributed by atoms with Gasteiger partial charge in [0.25, 0.3) is 0 Å². The summed E-state index contributed by atoms with van der Waals surface area (Å²) in [5.74, 6) is -9.35. The Kier molecular flexibility index (Phi) is 8.53. The monoisotopic (exact) mass is 642 g/mol. The lowest BCUT2D eigenvalue weighted by molar-refractivity contribution is -0.208. The Morgan fingerprint density at radius 2 is 1.63 bits per heavy atom. The second kappa shape index (κ2) is 12.1. The SMILES string of the molecule is O=C(/C=C/c1ccc(O)c(O)c1)O[C@@H]1[C@H](O)C[C@@](O)(C(=O)O)C[C@H]1OC(=O)[C@@H]1[C@@H](c2ccc(O)c(O)c2)[C@@]2(CO)C=CC(=O)[C@@H]1O2. The fourth-order valence-corrected chi connectivity index (χ4v) is 6.12. The van der Waals surface area contributed by atoms with Crippen molar-refractivity contribution >= 4 is 29.8 Å². The smallest absolute Gasteiger partial charge is 0.335 e. The highest BCUT2D eigenvalue weighted by molar-refractivity contribution is 5.99. The number of carbonyl (C=O) groups is 4. The summed E-state index contributed by atoms with van der Waals surface area (Å²) in [6.45, 7) is -0.727. The lowest BCUT2D eigenvalue weighted by Crippen LogP contribution is -2.58. The number of phenolic OH excluding ortho intramolecular Hbond substituents is 4. The molecule has 46 heavy (non-hydrogen) atoms. The zero-order valence-corrected chi connectivity index (χ0v) is 23.8. The van der Waals surface area contributed by atoms with Crippen LogP contribution in [0.3, 0.4) is 0 Å². The van der Waals surface area contributed by atoms with Crippen molar-refractivity contribution in [3.63, 3.8) is 0 Å². The van der Waals surface area contributed by atoms with Gasteiger partial charge in [0.05, 0.1) is 12.7 Å². The fourth-order valence-electron chi connectivity index (χ4n) is 6.12. The number of aromatic hydroxyl groups is 4. The molecule has 5 rings (SSSR count). The van der Waals surface area contributed by atoms with E-state index in [2.05, 4.69) is 0 Å². The number of aliphatic hydroxyl groups is 3. The molecule has 15 nitrogen and oxygen atoms in total. The minimum Gasteiger partial charge on any atom is -0.504 e. The van der Waals surface area contributed by atoms with Crippen LogP contribution in [0.4, 0.5) is 0 Å². The minimum absolute atomic E-state index is 0.159. The number of ether oxygens (including phenoxy) is 3. The maximum absolute atomic E-state index is 13.9. The summed E-state index contributed by atoms with van der Waals surface area (Å²) >= 11 is 0. The van der Waals surface area contributed by atoms with Crippen molar-refractivity contribution in [2.24, 2.45) is 5.92 Å². The average Bonchev–Trinajstić information content (AvgIpc) is 3.29. The zero-order chi connectivity index (χ0) is 33.6. The molecule has 8 N–H and O–H groups in total. The maximum Gasteiger partial charge on any atom is 0.335 e. The number of carboxylic acid groups (broad SMARTS) is 1. The van der Waals surface area contributed by atoms with Gasteiger partial charge < -0.3 is 55.1 Å². The predicted octanol–water partition coefficient (Wildman–Crippen LogP) is -0.0150. The minimum atomic E-state index is -2.61. The molecule has 2 fully saturated rings. The first-order chi connectivity index (χ1) is 21.7. The van der Waals surface area contributed by atoms with Crippen LogP contribution >= 0.6 is 0 Å². The lowest BCUT2D eigenvalue weighted by Gasteiger charge is -2.41. The van der Waals surface area contributed by atoms with Gasteiger partial charge in [-0.25, -0.2) is 9.59 Å². The van der Waals surface area contributed by atoms with Crippen LogP contribution in [0.15, 0.2) is 54.6 Å². The van der Waals surface area contributed by atoms with Crippen LogP contribution in [0.1, 0.15) is 29.9 Å². The number of hydrogen-bond donors (Lipinski definition) is 8.